The van der Waals surface area contributed by atoms with E-state index in [9.17, 15) is 8.42 Å². The maximum atomic E-state index is 12.1. The Morgan fingerprint density at radius 1 is 1.17 bits per heavy atom. The van der Waals surface area contributed by atoms with Crippen molar-refractivity contribution in [2.45, 2.75) is 43.7 Å². The third-order valence-electron chi connectivity index (χ3n) is 5.72. The van der Waals surface area contributed by atoms with Gasteiger partial charge in [0.25, 0.3) is 0 Å². The Bertz CT molecular complexity index is 1120. The van der Waals surface area contributed by atoms with Crippen LogP contribution in [0.15, 0.2) is 59.8 Å². The van der Waals surface area contributed by atoms with Crippen LogP contribution in [0.4, 0.5) is 0 Å². The first-order valence-corrected chi connectivity index (χ1v) is 11.7. The standard InChI is InChI=1S/C22H27N5O2S/c1-16(18-7-4-3-5-8-18)26(2)14-22-24-15-27(25-22)20-9-6-10-21(30(23,28)29)19(20)13-17-11-12-17/h3-10,15-17H,11-14H2,1-2H3,(H2,23,28,29)/t16-/m0/s1. The highest BCUT2D eigenvalue weighted by atomic mass is 32.2. The summed E-state index contributed by atoms with van der Waals surface area (Å²) in [4.78, 5) is 6.83. The molecule has 30 heavy (non-hydrogen) atoms. The number of benzene rings is 2. The molecule has 1 aliphatic rings. The maximum Gasteiger partial charge on any atom is 0.238 e. The molecule has 158 valence electrons. The molecule has 7 nitrogen and oxygen atoms in total. The van der Waals surface area contributed by atoms with Crippen LogP contribution < -0.4 is 5.14 Å². The summed E-state index contributed by atoms with van der Waals surface area (Å²) in [6.07, 6.45) is 4.56. The predicted molar refractivity (Wildman–Crippen MR) is 115 cm³/mol. The van der Waals surface area contributed by atoms with E-state index >= 15 is 0 Å². The van der Waals surface area contributed by atoms with Crippen molar-refractivity contribution >= 4 is 10.0 Å². The van der Waals surface area contributed by atoms with E-state index in [0.717, 1.165) is 24.1 Å². The van der Waals surface area contributed by atoms with Crippen molar-refractivity contribution < 1.29 is 8.42 Å². The zero-order chi connectivity index (χ0) is 21.3. The topological polar surface area (TPSA) is 94.1 Å². The van der Waals surface area contributed by atoms with Gasteiger partial charge in [0.15, 0.2) is 5.82 Å². The van der Waals surface area contributed by atoms with Crippen LogP contribution in [0.3, 0.4) is 0 Å². The molecule has 1 fully saturated rings. The van der Waals surface area contributed by atoms with Gasteiger partial charge in [-0.05, 0) is 62.4 Å². The monoisotopic (exact) mass is 425 g/mol. The second-order valence-electron chi connectivity index (χ2n) is 8.05. The summed E-state index contributed by atoms with van der Waals surface area (Å²) >= 11 is 0. The summed E-state index contributed by atoms with van der Waals surface area (Å²) in [5.74, 6) is 1.19. The summed E-state index contributed by atoms with van der Waals surface area (Å²) in [5, 5.41) is 10.1. The van der Waals surface area contributed by atoms with Crippen molar-refractivity contribution in [3.8, 4) is 5.69 Å². The normalized spacial score (nSPS) is 15.5. The average Bonchev–Trinajstić information content (AvgIpc) is 3.42. The highest BCUT2D eigenvalue weighted by Crippen LogP contribution is 2.36. The van der Waals surface area contributed by atoms with Crippen molar-refractivity contribution in [1.29, 1.82) is 0 Å². The summed E-state index contributed by atoms with van der Waals surface area (Å²) in [6, 6.07) is 15.7. The van der Waals surface area contributed by atoms with Crippen LogP contribution in [0.25, 0.3) is 5.69 Å². The summed E-state index contributed by atoms with van der Waals surface area (Å²) in [6.45, 7) is 2.73. The number of hydrogen-bond donors (Lipinski definition) is 1. The Morgan fingerprint density at radius 3 is 2.57 bits per heavy atom. The highest BCUT2D eigenvalue weighted by molar-refractivity contribution is 7.89. The SMILES string of the molecule is C[C@@H](c1ccccc1)N(C)Cc1ncn(-c2cccc(S(N)(=O)=O)c2CC2CC2)n1. The number of nitrogens with two attached hydrogens (primary N) is 1. The molecular weight excluding hydrogens is 398 g/mol. The molecule has 1 heterocycles. The van der Waals surface area contributed by atoms with Crippen LogP contribution in [-0.2, 0) is 23.0 Å². The third-order valence-corrected chi connectivity index (χ3v) is 6.72. The molecule has 4 rings (SSSR count). The molecule has 0 saturated heterocycles. The average molecular weight is 426 g/mol. The van der Waals surface area contributed by atoms with E-state index in [1.54, 1.807) is 23.1 Å². The van der Waals surface area contributed by atoms with Gasteiger partial charge in [0.1, 0.15) is 6.33 Å². The van der Waals surface area contributed by atoms with E-state index in [0.29, 0.717) is 24.7 Å². The Hall–Kier alpha value is -2.55. The molecule has 0 radical (unpaired) electrons. The summed E-state index contributed by atoms with van der Waals surface area (Å²) in [7, 11) is -1.77. The van der Waals surface area contributed by atoms with Gasteiger partial charge in [-0.15, -0.1) is 5.10 Å². The van der Waals surface area contributed by atoms with Crippen LogP contribution in [-0.4, -0.2) is 35.1 Å². The number of hydrogen-bond acceptors (Lipinski definition) is 5. The Morgan fingerprint density at radius 2 is 1.90 bits per heavy atom. The lowest BCUT2D eigenvalue weighted by Gasteiger charge is -2.23. The van der Waals surface area contributed by atoms with Gasteiger partial charge in [-0.25, -0.2) is 23.2 Å². The van der Waals surface area contributed by atoms with Crippen LogP contribution >= 0.6 is 0 Å². The van der Waals surface area contributed by atoms with Gasteiger partial charge in [-0.1, -0.05) is 36.4 Å². The molecule has 1 aliphatic carbocycles. The van der Waals surface area contributed by atoms with Crippen molar-refractivity contribution in [2.24, 2.45) is 11.1 Å². The van der Waals surface area contributed by atoms with Crippen molar-refractivity contribution in [2.75, 3.05) is 7.05 Å². The van der Waals surface area contributed by atoms with Crippen LogP contribution in [0, 0.1) is 5.92 Å². The van der Waals surface area contributed by atoms with Crippen LogP contribution in [0.2, 0.25) is 0 Å². The van der Waals surface area contributed by atoms with Gasteiger partial charge in [-0.3, -0.25) is 4.90 Å². The largest absolute Gasteiger partial charge is 0.292 e. The van der Waals surface area contributed by atoms with Gasteiger partial charge in [0, 0.05) is 6.04 Å². The second kappa shape index (κ2) is 8.29. The van der Waals surface area contributed by atoms with E-state index in [2.05, 4.69) is 34.0 Å². The number of primary sulfonamides is 1. The third kappa shape index (κ3) is 4.61. The first kappa shape index (κ1) is 20.7. The zero-order valence-electron chi connectivity index (χ0n) is 17.3. The molecule has 0 unspecified atom stereocenters. The second-order valence-corrected chi connectivity index (χ2v) is 9.58. The summed E-state index contributed by atoms with van der Waals surface area (Å²) in [5.41, 5.74) is 2.68. The summed E-state index contributed by atoms with van der Waals surface area (Å²) < 4.78 is 25.9. The van der Waals surface area contributed by atoms with Gasteiger partial charge in [-0.2, -0.15) is 0 Å². The predicted octanol–water partition coefficient (Wildman–Crippen LogP) is 3.06. The first-order chi connectivity index (χ1) is 14.3. The van der Waals surface area contributed by atoms with Crippen LogP contribution in [0.5, 0.6) is 0 Å². The van der Waals surface area contributed by atoms with E-state index in [1.165, 1.54) is 5.56 Å². The molecule has 0 spiro atoms. The van der Waals surface area contributed by atoms with E-state index in [4.69, 9.17) is 5.14 Å². The fraction of sp³-hybridized carbons (Fsp3) is 0.364. The fourth-order valence-electron chi connectivity index (χ4n) is 3.68. The van der Waals surface area contributed by atoms with Gasteiger partial charge >= 0.3 is 0 Å². The smallest absolute Gasteiger partial charge is 0.238 e. The first-order valence-electron chi connectivity index (χ1n) is 10.1. The van der Waals surface area contributed by atoms with Crippen LogP contribution in [0.1, 0.15) is 42.8 Å². The molecule has 1 aromatic heterocycles. The Kier molecular flexibility index (Phi) is 5.73. The highest BCUT2D eigenvalue weighted by Gasteiger charge is 2.27. The number of sulfonamides is 1. The van der Waals surface area contributed by atoms with E-state index < -0.39 is 10.0 Å². The van der Waals surface area contributed by atoms with E-state index in [1.807, 2.05) is 31.3 Å². The zero-order valence-corrected chi connectivity index (χ0v) is 18.1. The molecule has 2 aromatic carbocycles. The quantitative estimate of drug-likeness (QED) is 0.599. The number of aromatic nitrogens is 3. The molecule has 0 bridgehead atoms. The van der Waals surface area contributed by atoms with Crippen molar-refractivity contribution in [3.63, 3.8) is 0 Å². The fourth-order valence-corrected chi connectivity index (χ4v) is 4.48. The molecule has 1 atom stereocenters. The lowest BCUT2D eigenvalue weighted by Crippen LogP contribution is -2.22. The molecule has 2 N–H and O–H groups in total. The Labute approximate surface area is 177 Å². The molecular formula is C22H27N5O2S. The molecule has 8 heteroatoms. The van der Waals surface area contributed by atoms with Gasteiger partial charge in [0.2, 0.25) is 10.0 Å². The minimum atomic E-state index is -3.81. The number of nitrogens with zero attached hydrogens (tertiary/aromatic N) is 4. The molecule has 0 aliphatic heterocycles. The molecule has 1 saturated carbocycles. The maximum absolute atomic E-state index is 12.1. The van der Waals surface area contributed by atoms with Crippen molar-refractivity contribution in [3.05, 3.63) is 71.8 Å². The minimum absolute atomic E-state index is 0.179. The lowest BCUT2D eigenvalue weighted by molar-refractivity contribution is 0.247. The number of rotatable bonds is 8. The van der Waals surface area contributed by atoms with Gasteiger partial charge < -0.3 is 0 Å². The molecule has 0 amide bonds. The molecule has 3 aromatic rings. The Balaban J connectivity index is 1.59. The minimum Gasteiger partial charge on any atom is -0.292 e. The van der Waals surface area contributed by atoms with E-state index in [-0.39, 0.29) is 10.9 Å². The van der Waals surface area contributed by atoms with Crippen molar-refractivity contribution in [1.82, 2.24) is 19.7 Å². The van der Waals surface area contributed by atoms with Gasteiger partial charge in [0.05, 0.1) is 17.1 Å². The lowest BCUT2D eigenvalue weighted by atomic mass is 10.1.